The molecule has 35 heavy (non-hydrogen) atoms. The minimum atomic E-state index is -0.808. The van der Waals surface area contributed by atoms with Gasteiger partial charge in [0.05, 0.1) is 0 Å². The Morgan fingerprint density at radius 3 is 2.34 bits per heavy atom. The van der Waals surface area contributed by atoms with Gasteiger partial charge in [0.15, 0.2) is 0 Å². The zero-order valence-corrected chi connectivity index (χ0v) is 22.8. The highest BCUT2D eigenvalue weighted by Gasteiger charge is 2.48. The van der Waals surface area contributed by atoms with Gasteiger partial charge in [-0.15, -0.1) is 0 Å². The molecule has 1 aliphatic carbocycles. The van der Waals surface area contributed by atoms with E-state index in [1.807, 2.05) is 45.0 Å². The first-order valence-corrected chi connectivity index (χ1v) is 13.0. The normalized spacial score (nSPS) is 19.0. The van der Waals surface area contributed by atoms with Gasteiger partial charge in [0, 0.05) is 12.6 Å². The Kier molecular flexibility index (Phi) is 10.2. The average molecular weight is 488 g/mol. The lowest BCUT2D eigenvalue weighted by Gasteiger charge is -2.36. The monoisotopic (exact) mass is 487 g/mol. The average Bonchev–Trinajstić information content (AvgIpc) is 3.47. The number of unbranched alkanes of at least 4 members (excludes halogenated alkanes) is 2. The van der Waals surface area contributed by atoms with Crippen LogP contribution in [0, 0.1) is 18.8 Å². The van der Waals surface area contributed by atoms with Crippen molar-refractivity contribution in [3.05, 3.63) is 35.4 Å². The number of aryl methyl sites for hydroxylation is 1. The van der Waals surface area contributed by atoms with E-state index in [9.17, 15) is 14.4 Å². The molecule has 1 fully saturated rings. The maximum Gasteiger partial charge on any atom is 0.408 e. The van der Waals surface area contributed by atoms with Gasteiger partial charge in [-0.2, -0.15) is 0 Å². The molecule has 2 rings (SSSR count). The summed E-state index contributed by atoms with van der Waals surface area (Å²) in [6.45, 7) is 15.9. The minimum Gasteiger partial charge on any atom is -0.444 e. The van der Waals surface area contributed by atoms with Crippen LogP contribution in [0.1, 0.15) is 91.3 Å². The van der Waals surface area contributed by atoms with Crippen LogP contribution in [-0.4, -0.2) is 47.0 Å². The summed E-state index contributed by atoms with van der Waals surface area (Å²) in [6, 6.07) is 6.14. The lowest BCUT2D eigenvalue weighted by atomic mass is 9.97. The van der Waals surface area contributed by atoms with E-state index in [0.29, 0.717) is 6.54 Å². The summed E-state index contributed by atoms with van der Waals surface area (Å²) in [6.07, 6.45) is 3.19. The molecule has 1 aromatic rings. The highest BCUT2D eigenvalue weighted by Crippen LogP contribution is 2.41. The van der Waals surface area contributed by atoms with Crippen LogP contribution in [0.25, 0.3) is 0 Å². The molecular weight excluding hydrogens is 442 g/mol. The van der Waals surface area contributed by atoms with Crippen molar-refractivity contribution in [1.29, 1.82) is 0 Å². The Morgan fingerprint density at radius 2 is 1.83 bits per heavy atom. The molecule has 3 amide bonds. The number of ether oxygens (including phenoxy) is 1. The van der Waals surface area contributed by atoms with Gasteiger partial charge in [-0.1, -0.05) is 70.4 Å². The fraction of sp³-hybridized carbons (Fsp3) is 0.679. The highest BCUT2D eigenvalue weighted by atomic mass is 16.6. The third-order valence-corrected chi connectivity index (χ3v) is 6.25. The third kappa shape index (κ3) is 8.55. The number of hydrogen-bond donors (Lipinski definition) is 2. The number of benzene rings is 1. The second-order valence-electron chi connectivity index (χ2n) is 11.2. The summed E-state index contributed by atoms with van der Waals surface area (Å²) < 4.78 is 5.43. The van der Waals surface area contributed by atoms with E-state index in [1.165, 1.54) is 0 Å². The Morgan fingerprint density at radius 1 is 1.17 bits per heavy atom. The van der Waals surface area contributed by atoms with Crippen molar-refractivity contribution in [2.24, 2.45) is 11.8 Å². The van der Waals surface area contributed by atoms with Gasteiger partial charge >= 0.3 is 6.09 Å². The summed E-state index contributed by atoms with van der Waals surface area (Å²) in [5.41, 5.74) is 1.13. The zero-order chi connectivity index (χ0) is 26.3. The zero-order valence-electron chi connectivity index (χ0n) is 22.8. The number of amides is 3. The minimum absolute atomic E-state index is 0.0592. The van der Waals surface area contributed by atoms with Gasteiger partial charge < -0.3 is 20.3 Å². The van der Waals surface area contributed by atoms with Gasteiger partial charge in [-0.25, -0.2) is 4.79 Å². The molecule has 196 valence electrons. The maximum absolute atomic E-state index is 14.1. The Hall–Kier alpha value is -2.57. The molecule has 4 atom stereocenters. The van der Waals surface area contributed by atoms with Crippen molar-refractivity contribution in [2.75, 3.05) is 6.54 Å². The summed E-state index contributed by atoms with van der Waals surface area (Å²) in [5.74, 6) is -0.333. The van der Waals surface area contributed by atoms with E-state index >= 15 is 0 Å². The highest BCUT2D eigenvalue weighted by molar-refractivity contribution is 5.92. The van der Waals surface area contributed by atoms with Crippen molar-refractivity contribution in [1.82, 2.24) is 15.5 Å². The van der Waals surface area contributed by atoms with Crippen LogP contribution in [0.5, 0.6) is 0 Å². The molecule has 0 spiro atoms. The predicted octanol–water partition coefficient (Wildman–Crippen LogP) is 5.13. The molecule has 4 unspecified atom stereocenters. The molecule has 0 heterocycles. The predicted molar refractivity (Wildman–Crippen MR) is 139 cm³/mol. The fourth-order valence-electron chi connectivity index (χ4n) is 4.24. The summed E-state index contributed by atoms with van der Waals surface area (Å²) >= 11 is 0. The van der Waals surface area contributed by atoms with Gasteiger partial charge in [-0.05, 0) is 57.9 Å². The topological polar surface area (TPSA) is 87.7 Å². The van der Waals surface area contributed by atoms with Gasteiger partial charge in [0.1, 0.15) is 17.7 Å². The standard InChI is InChI=1S/C28H45N3O4/c1-9-10-11-15-29-25(32)24(21-14-12-13-19(4)16-21)31(22-17-20(22)5)26(33)23(18(2)3)30-27(34)35-28(6,7)8/h12-14,16,18,20,22-24H,9-11,15,17H2,1-8H3,(H,29,32)(H,30,34). The van der Waals surface area contributed by atoms with Crippen LogP contribution in [0.2, 0.25) is 0 Å². The van der Waals surface area contributed by atoms with E-state index in [2.05, 4.69) is 24.5 Å². The molecule has 0 bridgehead atoms. The summed E-state index contributed by atoms with van der Waals surface area (Å²) in [4.78, 5) is 42.0. The first kappa shape index (κ1) is 28.7. The SMILES string of the molecule is CCCCCNC(=O)C(c1cccc(C)c1)N(C(=O)C(NC(=O)OC(C)(C)C)C(C)C)C1CC1C. The molecule has 0 aliphatic heterocycles. The summed E-state index contributed by atoms with van der Waals surface area (Å²) in [5, 5.41) is 5.85. The largest absolute Gasteiger partial charge is 0.444 e. The second kappa shape index (κ2) is 12.4. The van der Waals surface area contributed by atoms with Crippen molar-refractivity contribution in [3.8, 4) is 0 Å². The Bertz CT molecular complexity index is 877. The quantitative estimate of drug-likeness (QED) is 0.424. The number of hydrogen-bond acceptors (Lipinski definition) is 4. The first-order chi connectivity index (χ1) is 16.4. The molecule has 7 nitrogen and oxygen atoms in total. The van der Waals surface area contributed by atoms with Crippen molar-refractivity contribution in [2.45, 2.75) is 105 Å². The molecule has 0 saturated heterocycles. The van der Waals surface area contributed by atoms with Crippen LogP contribution in [-0.2, 0) is 14.3 Å². The Labute approximate surface area is 211 Å². The third-order valence-electron chi connectivity index (χ3n) is 6.25. The van der Waals surface area contributed by atoms with E-state index in [-0.39, 0.29) is 29.7 Å². The number of nitrogens with one attached hydrogen (secondary N) is 2. The number of rotatable bonds is 11. The van der Waals surface area contributed by atoms with Crippen LogP contribution >= 0.6 is 0 Å². The molecule has 1 aromatic carbocycles. The number of carbonyl (C=O) groups excluding carboxylic acids is 3. The molecular formula is C28H45N3O4. The van der Waals surface area contributed by atoms with Gasteiger partial charge in [-0.3, -0.25) is 9.59 Å². The number of alkyl carbamates (subject to hydrolysis) is 1. The van der Waals surface area contributed by atoms with Crippen LogP contribution in [0.3, 0.4) is 0 Å². The van der Waals surface area contributed by atoms with Crippen LogP contribution < -0.4 is 10.6 Å². The van der Waals surface area contributed by atoms with E-state index in [0.717, 1.165) is 36.8 Å². The van der Waals surface area contributed by atoms with E-state index in [1.54, 1.807) is 25.7 Å². The van der Waals surface area contributed by atoms with E-state index in [4.69, 9.17) is 4.74 Å². The Balaban J connectivity index is 2.41. The fourth-order valence-corrected chi connectivity index (χ4v) is 4.24. The second-order valence-corrected chi connectivity index (χ2v) is 11.2. The van der Waals surface area contributed by atoms with Crippen molar-refractivity contribution >= 4 is 17.9 Å². The lowest BCUT2D eigenvalue weighted by Crippen LogP contribution is -2.55. The first-order valence-electron chi connectivity index (χ1n) is 13.0. The summed E-state index contributed by atoms with van der Waals surface area (Å²) in [7, 11) is 0. The van der Waals surface area contributed by atoms with Crippen LogP contribution in [0.15, 0.2) is 24.3 Å². The number of carbonyl (C=O) groups is 3. The maximum atomic E-state index is 14.1. The van der Waals surface area contributed by atoms with Gasteiger partial charge in [0.2, 0.25) is 11.8 Å². The number of nitrogens with zero attached hydrogens (tertiary/aromatic N) is 1. The smallest absolute Gasteiger partial charge is 0.408 e. The van der Waals surface area contributed by atoms with Crippen molar-refractivity contribution < 1.29 is 19.1 Å². The molecule has 1 saturated carbocycles. The van der Waals surface area contributed by atoms with Crippen LogP contribution in [0.4, 0.5) is 4.79 Å². The van der Waals surface area contributed by atoms with E-state index < -0.39 is 23.8 Å². The molecule has 1 aliphatic rings. The van der Waals surface area contributed by atoms with Crippen molar-refractivity contribution in [3.63, 3.8) is 0 Å². The van der Waals surface area contributed by atoms with Gasteiger partial charge in [0.25, 0.3) is 0 Å². The molecule has 7 heteroatoms. The molecule has 0 radical (unpaired) electrons. The lowest BCUT2D eigenvalue weighted by molar-refractivity contribution is -0.144. The molecule has 0 aromatic heterocycles. The molecule has 2 N–H and O–H groups in total.